The first-order valence-corrected chi connectivity index (χ1v) is 7.04. The monoisotopic (exact) mass is 175 g/mol. The van der Waals surface area contributed by atoms with Gasteiger partial charge in [0.1, 0.15) is 0 Å². The third kappa shape index (κ3) is 7.54. The van der Waals surface area contributed by atoms with E-state index in [0.717, 1.165) is 12.5 Å². The molecule has 0 radical (unpaired) electrons. The molecule has 0 heterocycles. The lowest BCUT2D eigenvalue weighted by molar-refractivity contribution is -0.120. The maximum atomic E-state index is 10.7. The van der Waals surface area contributed by atoms with E-state index in [4.69, 9.17) is 0 Å². The molecule has 66 valence electrons. The highest BCUT2D eigenvalue weighted by Crippen LogP contribution is 2.09. The molecule has 4 heteroatoms. The molecular formula is C7H17NO2Si. The van der Waals surface area contributed by atoms with Gasteiger partial charge in [-0.1, -0.05) is 0 Å². The van der Waals surface area contributed by atoms with Gasteiger partial charge in [-0.25, -0.2) is 0 Å². The number of amides is 1. The van der Waals surface area contributed by atoms with Gasteiger partial charge in [0.15, 0.2) is 8.32 Å². The van der Waals surface area contributed by atoms with E-state index >= 15 is 0 Å². The van der Waals surface area contributed by atoms with Crippen LogP contribution in [0.3, 0.4) is 0 Å². The molecule has 1 amide bonds. The van der Waals surface area contributed by atoms with E-state index in [1.54, 1.807) is 7.05 Å². The highest BCUT2D eigenvalue weighted by Gasteiger charge is 2.16. The fraction of sp³-hybridized carbons (Fsp3) is 0.857. The summed E-state index contributed by atoms with van der Waals surface area (Å²) in [6.07, 6.45) is 1.34. The molecule has 0 atom stereocenters. The summed E-state index contributed by atoms with van der Waals surface area (Å²) in [5.41, 5.74) is 0. The second kappa shape index (κ2) is 4.51. The number of hydrogen-bond donors (Lipinski definition) is 2. The smallest absolute Gasteiger partial charge is 0.219 e. The van der Waals surface area contributed by atoms with E-state index < -0.39 is 8.32 Å². The van der Waals surface area contributed by atoms with Crippen LogP contribution < -0.4 is 5.32 Å². The maximum absolute atomic E-state index is 10.7. The Hall–Kier alpha value is -0.353. The van der Waals surface area contributed by atoms with Crippen LogP contribution in [0.1, 0.15) is 12.8 Å². The number of carbonyl (C=O) groups excluding carboxylic acids is 1. The zero-order valence-electron chi connectivity index (χ0n) is 7.48. The van der Waals surface area contributed by atoms with Crippen molar-refractivity contribution in [2.24, 2.45) is 0 Å². The molecule has 3 nitrogen and oxygen atoms in total. The van der Waals surface area contributed by atoms with Crippen molar-refractivity contribution in [2.75, 3.05) is 7.05 Å². The maximum Gasteiger partial charge on any atom is 0.219 e. The summed E-state index contributed by atoms with van der Waals surface area (Å²) < 4.78 is 0. The molecule has 0 aromatic rings. The van der Waals surface area contributed by atoms with Gasteiger partial charge in [0, 0.05) is 13.5 Å². The minimum Gasteiger partial charge on any atom is -0.432 e. The Balaban J connectivity index is 3.35. The molecule has 0 aromatic carbocycles. The molecule has 0 rings (SSSR count). The Kier molecular flexibility index (Phi) is 4.36. The van der Waals surface area contributed by atoms with Crippen molar-refractivity contribution < 1.29 is 9.59 Å². The number of hydrogen-bond acceptors (Lipinski definition) is 2. The van der Waals surface area contributed by atoms with Gasteiger partial charge in [0.05, 0.1) is 0 Å². The van der Waals surface area contributed by atoms with E-state index in [1.807, 2.05) is 13.1 Å². The van der Waals surface area contributed by atoms with Gasteiger partial charge in [-0.15, -0.1) is 0 Å². The molecular weight excluding hydrogens is 158 g/mol. The van der Waals surface area contributed by atoms with E-state index in [-0.39, 0.29) is 5.91 Å². The fourth-order valence-electron chi connectivity index (χ4n) is 0.807. The summed E-state index contributed by atoms with van der Waals surface area (Å²) in [5, 5.41) is 2.55. The van der Waals surface area contributed by atoms with Crippen LogP contribution in [0.5, 0.6) is 0 Å². The van der Waals surface area contributed by atoms with Gasteiger partial charge in [-0.2, -0.15) is 0 Å². The van der Waals surface area contributed by atoms with Crippen molar-refractivity contribution >= 4 is 14.2 Å². The average molecular weight is 175 g/mol. The van der Waals surface area contributed by atoms with Crippen LogP contribution in [-0.4, -0.2) is 26.1 Å². The summed E-state index contributed by atoms with van der Waals surface area (Å²) in [7, 11) is -0.288. The Morgan fingerprint density at radius 3 is 2.45 bits per heavy atom. The molecule has 0 saturated heterocycles. The van der Waals surface area contributed by atoms with Crippen LogP contribution in [0.15, 0.2) is 0 Å². The van der Waals surface area contributed by atoms with Crippen molar-refractivity contribution in [1.82, 2.24) is 5.32 Å². The van der Waals surface area contributed by atoms with Crippen molar-refractivity contribution in [3.63, 3.8) is 0 Å². The Labute approximate surface area is 68.9 Å². The highest BCUT2D eigenvalue weighted by molar-refractivity contribution is 6.69. The Bertz CT molecular complexity index is 131. The summed E-state index contributed by atoms with van der Waals surface area (Å²) >= 11 is 0. The Morgan fingerprint density at radius 2 is 2.09 bits per heavy atom. The number of rotatable bonds is 4. The quantitative estimate of drug-likeness (QED) is 0.618. The largest absolute Gasteiger partial charge is 0.432 e. The standard InChI is InChI=1S/C7H17NO2Si/c1-8-7(9)5-4-6-11(2,3)10/h10H,4-6H2,1-3H3,(H,8,9). The van der Waals surface area contributed by atoms with E-state index in [0.29, 0.717) is 6.42 Å². The summed E-state index contributed by atoms with van der Waals surface area (Å²) in [6, 6.07) is 0.806. The van der Waals surface area contributed by atoms with Gasteiger partial charge in [0.25, 0.3) is 0 Å². The topological polar surface area (TPSA) is 49.3 Å². The number of nitrogens with one attached hydrogen (secondary N) is 1. The second-order valence-electron chi connectivity index (χ2n) is 3.34. The summed E-state index contributed by atoms with van der Waals surface area (Å²) in [6.45, 7) is 3.77. The molecule has 0 bridgehead atoms. The molecule has 0 aliphatic heterocycles. The number of carbonyl (C=O) groups is 1. The highest BCUT2D eigenvalue weighted by atomic mass is 28.4. The van der Waals surface area contributed by atoms with Crippen molar-refractivity contribution in [3.8, 4) is 0 Å². The first-order valence-electron chi connectivity index (χ1n) is 3.88. The van der Waals surface area contributed by atoms with Crippen LogP contribution >= 0.6 is 0 Å². The molecule has 0 unspecified atom stereocenters. The molecule has 0 aliphatic carbocycles. The van der Waals surface area contributed by atoms with Gasteiger partial charge in [-0.05, 0) is 25.6 Å². The fourth-order valence-corrected chi connectivity index (χ4v) is 1.85. The van der Waals surface area contributed by atoms with Crippen molar-refractivity contribution in [1.29, 1.82) is 0 Å². The summed E-state index contributed by atoms with van der Waals surface area (Å²) in [5.74, 6) is 0.0586. The van der Waals surface area contributed by atoms with Crippen LogP contribution in [0.4, 0.5) is 0 Å². The van der Waals surface area contributed by atoms with Crippen LogP contribution in [0.25, 0.3) is 0 Å². The predicted molar refractivity (Wildman–Crippen MR) is 47.8 cm³/mol. The zero-order chi connectivity index (χ0) is 8.91. The lowest BCUT2D eigenvalue weighted by Crippen LogP contribution is -2.25. The minimum absolute atomic E-state index is 0.0586. The van der Waals surface area contributed by atoms with E-state index in [9.17, 15) is 9.59 Å². The lowest BCUT2D eigenvalue weighted by atomic mass is 10.3. The van der Waals surface area contributed by atoms with Gasteiger partial charge in [0.2, 0.25) is 5.91 Å². The third-order valence-electron chi connectivity index (χ3n) is 1.47. The van der Waals surface area contributed by atoms with E-state index in [2.05, 4.69) is 5.32 Å². The van der Waals surface area contributed by atoms with Crippen molar-refractivity contribution in [3.05, 3.63) is 0 Å². The van der Waals surface area contributed by atoms with Crippen molar-refractivity contribution in [2.45, 2.75) is 32.0 Å². The first-order chi connectivity index (χ1) is 4.95. The summed E-state index contributed by atoms with van der Waals surface area (Å²) in [4.78, 5) is 20.1. The molecule has 11 heavy (non-hydrogen) atoms. The van der Waals surface area contributed by atoms with Crippen LogP contribution in [0, 0.1) is 0 Å². The molecule has 2 N–H and O–H groups in total. The van der Waals surface area contributed by atoms with Gasteiger partial charge < -0.3 is 10.1 Å². The zero-order valence-corrected chi connectivity index (χ0v) is 8.48. The average Bonchev–Trinajstić information content (AvgIpc) is 1.85. The minimum atomic E-state index is -1.92. The Morgan fingerprint density at radius 1 is 1.55 bits per heavy atom. The van der Waals surface area contributed by atoms with Gasteiger partial charge >= 0.3 is 0 Å². The molecule has 0 aliphatic rings. The SMILES string of the molecule is CNC(=O)CCC[Si](C)(C)O. The van der Waals surface area contributed by atoms with E-state index in [1.165, 1.54) is 0 Å². The van der Waals surface area contributed by atoms with Crippen LogP contribution in [-0.2, 0) is 4.79 Å². The molecule has 0 fully saturated rings. The molecule has 0 aromatic heterocycles. The van der Waals surface area contributed by atoms with Crippen LogP contribution in [0.2, 0.25) is 19.1 Å². The molecule has 0 saturated carbocycles. The lowest BCUT2D eigenvalue weighted by Gasteiger charge is -2.12. The second-order valence-corrected chi connectivity index (χ2v) is 7.46. The van der Waals surface area contributed by atoms with Gasteiger partial charge in [-0.3, -0.25) is 4.79 Å². The molecule has 0 spiro atoms. The third-order valence-corrected chi connectivity index (χ3v) is 3.05. The normalized spacial score (nSPS) is 11.3. The first kappa shape index (κ1) is 10.6. The predicted octanol–water partition coefficient (Wildman–Crippen LogP) is 0.710.